The second-order valence-electron chi connectivity index (χ2n) is 4.02. The molecule has 1 aromatic rings. The second-order valence-corrected chi connectivity index (χ2v) is 5.72. The van der Waals surface area contributed by atoms with Crippen LogP contribution in [0.4, 0.5) is 10.1 Å². The van der Waals surface area contributed by atoms with Crippen LogP contribution in [0.2, 0.25) is 0 Å². The van der Waals surface area contributed by atoms with E-state index in [1.807, 2.05) is 0 Å². The smallest absolute Gasteiger partial charge is 0.241 e. The topological polar surface area (TPSA) is 92.4 Å². The van der Waals surface area contributed by atoms with E-state index in [1.165, 1.54) is 13.8 Å². The Morgan fingerprint density at radius 1 is 1.44 bits per heavy atom. The predicted molar refractivity (Wildman–Crippen MR) is 67.2 cm³/mol. The van der Waals surface area contributed by atoms with Gasteiger partial charge in [0.25, 0.3) is 0 Å². The number of hydrogen-bond donors (Lipinski definition) is 3. The van der Waals surface area contributed by atoms with E-state index in [1.54, 1.807) is 0 Å². The van der Waals surface area contributed by atoms with Gasteiger partial charge in [-0.15, -0.1) is 0 Å². The minimum absolute atomic E-state index is 0.000611. The van der Waals surface area contributed by atoms with E-state index in [9.17, 15) is 12.8 Å². The first-order chi connectivity index (χ1) is 8.31. The van der Waals surface area contributed by atoms with Crippen molar-refractivity contribution in [3.63, 3.8) is 0 Å². The number of sulfonamides is 1. The minimum Gasteiger partial charge on any atom is -0.396 e. The molecule has 0 heterocycles. The third-order valence-corrected chi connectivity index (χ3v) is 4.35. The Kier molecular flexibility index (Phi) is 4.66. The Morgan fingerprint density at radius 2 is 2.06 bits per heavy atom. The number of aliphatic hydroxyl groups is 1. The first-order valence-corrected chi connectivity index (χ1v) is 6.95. The number of nitrogen functional groups attached to an aromatic ring is 1. The highest BCUT2D eigenvalue weighted by atomic mass is 32.2. The van der Waals surface area contributed by atoms with Crippen molar-refractivity contribution in [2.24, 2.45) is 0 Å². The standard InChI is InChI=1S/C11H17FN2O3S/c1-7-6-9(12)10(13)8(2)11(7)18(16,17)14-4-3-5-15/h6,14-15H,3-5,13H2,1-2H3. The van der Waals surface area contributed by atoms with Gasteiger partial charge >= 0.3 is 0 Å². The maximum absolute atomic E-state index is 13.3. The van der Waals surface area contributed by atoms with E-state index in [-0.39, 0.29) is 29.3 Å². The molecule has 0 aliphatic heterocycles. The first kappa shape index (κ1) is 14.9. The number of benzene rings is 1. The SMILES string of the molecule is Cc1cc(F)c(N)c(C)c1S(=O)(=O)NCCCO. The Balaban J connectivity index is 3.21. The number of anilines is 1. The van der Waals surface area contributed by atoms with Gasteiger partial charge in [0.1, 0.15) is 5.82 Å². The lowest BCUT2D eigenvalue weighted by Gasteiger charge is -2.14. The van der Waals surface area contributed by atoms with E-state index in [2.05, 4.69) is 4.72 Å². The van der Waals surface area contributed by atoms with Gasteiger partial charge in [-0.25, -0.2) is 17.5 Å². The quantitative estimate of drug-likeness (QED) is 0.545. The molecule has 0 saturated carbocycles. The van der Waals surface area contributed by atoms with E-state index in [0.717, 1.165) is 6.07 Å². The van der Waals surface area contributed by atoms with Crippen molar-refractivity contribution in [1.29, 1.82) is 0 Å². The van der Waals surface area contributed by atoms with Crippen molar-refractivity contribution in [3.05, 3.63) is 23.0 Å². The third-order valence-electron chi connectivity index (χ3n) is 2.60. The Hall–Kier alpha value is -1.18. The molecule has 0 aliphatic carbocycles. The van der Waals surface area contributed by atoms with E-state index in [0.29, 0.717) is 12.0 Å². The minimum atomic E-state index is -3.74. The molecule has 5 nitrogen and oxygen atoms in total. The lowest BCUT2D eigenvalue weighted by Crippen LogP contribution is -2.27. The zero-order valence-electron chi connectivity index (χ0n) is 10.3. The van der Waals surface area contributed by atoms with Gasteiger partial charge in [0.05, 0.1) is 10.6 Å². The maximum Gasteiger partial charge on any atom is 0.241 e. The second kappa shape index (κ2) is 5.64. The molecule has 1 rings (SSSR count). The lowest BCUT2D eigenvalue weighted by molar-refractivity contribution is 0.289. The van der Waals surface area contributed by atoms with Gasteiger partial charge in [0.2, 0.25) is 10.0 Å². The van der Waals surface area contributed by atoms with Crippen molar-refractivity contribution in [3.8, 4) is 0 Å². The lowest BCUT2D eigenvalue weighted by atomic mass is 10.1. The van der Waals surface area contributed by atoms with Crippen LogP contribution in [0.15, 0.2) is 11.0 Å². The van der Waals surface area contributed by atoms with Gasteiger partial charge in [0, 0.05) is 13.2 Å². The molecule has 0 radical (unpaired) electrons. The molecule has 0 atom stereocenters. The fourth-order valence-electron chi connectivity index (χ4n) is 1.70. The summed E-state index contributed by atoms with van der Waals surface area (Å²) in [5, 5.41) is 8.62. The molecule has 18 heavy (non-hydrogen) atoms. The summed E-state index contributed by atoms with van der Waals surface area (Å²) in [5.74, 6) is -0.626. The molecule has 7 heteroatoms. The number of nitrogens with one attached hydrogen (secondary N) is 1. The van der Waals surface area contributed by atoms with Crippen molar-refractivity contribution >= 4 is 15.7 Å². The van der Waals surface area contributed by atoms with Gasteiger partial charge in [-0.05, 0) is 37.5 Å². The van der Waals surface area contributed by atoms with Gasteiger partial charge in [-0.1, -0.05) is 0 Å². The van der Waals surface area contributed by atoms with Crippen LogP contribution in [0.1, 0.15) is 17.5 Å². The summed E-state index contributed by atoms with van der Waals surface area (Å²) in [6.45, 7) is 2.99. The summed E-state index contributed by atoms with van der Waals surface area (Å²) in [5.41, 5.74) is 5.83. The Morgan fingerprint density at radius 3 is 2.61 bits per heavy atom. The van der Waals surface area contributed by atoms with Gasteiger partial charge in [-0.3, -0.25) is 0 Å². The van der Waals surface area contributed by atoms with Crippen LogP contribution >= 0.6 is 0 Å². The van der Waals surface area contributed by atoms with Gasteiger partial charge in [-0.2, -0.15) is 0 Å². The molecule has 0 aromatic heterocycles. The zero-order valence-corrected chi connectivity index (χ0v) is 11.1. The van der Waals surface area contributed by atoms with Crippen molar-refractivity contribution in [1.82, 2.24) is 4.72 Å². The number of aryl methyl sites for hydroxylation is 1. The Labute approximate surface area is 106 Å². The highest BCUT2D eigenvalue weighted by Crippen LogP contribution is 2.27. The molecule has 0 aliphatic rings. The van der Waals surface area contributed by atoms with Crippen LogP contribution < -0.4 is 10.5 Å². The van der Waals surface area contributed by atoms with Gasteiger partial charge in [0.15, 0.2) is 0 Å². The van der Waals surface area contributed by atoms with Crippen LogP contribution in [0.25, 0.3) is 0 Å². The summed E-state index contributed by atoms with van der Waals surface area (Å²) in [6.07, 6.45) is 0.313. The molecule has 1 aromatic carbocycles. The molecule has 0 saturated heterocycles. The maximum atomic E-state index is 13.3. The van der Waals surface area contributed by atoms with E-state index < -0.39 is 15.8 Å². The number of aliphatic hydroxyl groups excluding tert-OH is 1. The van der Waals surface area contributed by atoms with E-state index >= 15 is 0 Å². The molecule has 0 amide bonds. The summed E-state index contributed by atoms with van der Waals surface area (Å²) >= 11 is 0. The number of halogens is 1. The van der Waals surface area contributed by atoms with Crippen LogP contribution in [-0.2, 0) is 10.0 Å². The number of nitrogens with two attached hydrogens (primary N) is 1. The molecular weight excluding hydrogens is 259 g/mol. The molecule has 102 valence electrons. The summed E-state index contributed by atoms with van der Waals surface area (Å²) in [7, 11) is -3.74. The van der Waals surface area contributed by atoms with Crippen molar-refractivity contribution in [2.45, 2.75) is 25.2 Å². The highest BCUT2D eigenvalue weighted by Gasteiger charge is 2.22. The molecule has 0 unspecified atom stereocenters. The Bertz CT molecular complexity index is 544. The summed E-state index contributed by atoms with van der Waals surface area (Å²) in [4.78, 5) is -0.000611. The molecule has 0 bridgehead atoms. The summed E-state index contributed by atoms with van der Waals surface area (Å²) < 4.78 is 39.8. The highest BCUT2D eigenvalue weighted by molar-refractivity contribution is 7.89. The average molecular weight is 276 g/mol. The third kappa shape index (κ3) is 2.98. The zero-order chi connectivity index (χ0) is 13.9. The van der Waals surface area contributed by atoms with Crippen LogP contribution in [0.5, 0.6) is 0 Å². The fraction of sp³-hybridized carbons (Fsp3) is 0.455. The normalized spacial score (nSPS) is 11.8. The van der Waals surface area contributed by atoms with Crippen LogP contribution in [0, 0.1) is 19.7 Å². The largest absolute Gasteiger partial charge is 0.396 e. The van der Waals surface area contributed by atoms with Crippen molar-refractivity contribution in [2.75, 3.05) is 18.9 Å². The molecular formula is C11H17FN2O3S. The molecule has 4 N–H and O–H groups in total. The predicted octanol–water partition coefficient (Wildman–Crippen LogP) is 0.685. The average Bonchev–Trinajstić information content (AvgIpc) is 2.25. The van der Waals surface area contributed by atoms with Crippen LogP contribution in [-0.4, -0.2) is 26.7 Å². The molecule has 0 spiro atoms. The van der Waals surface area contributed by atoms with Crippen molar-refractivity contribution < 1.29 is 17.9 Å². The van der Waals surface area contributed by atoms with E-state index in [4.69, 9.17) is 10.8 Å². The monoisotopic (exact) mass is 276 g/mol. The summed E-state index contributed by atoms with van der Waals surface area (Å²) in [6, 6.07) is 1.10. The number of hydrogen-bond acceptors (Lipinski definition) is 4. The fourth-order valence-corrected chi connectivity index (χ4v) is 3.26. The number of rotatable bonds is 5. The van der Waals surface area contributed by atoms with Gasteiger partial charge < -0.3 is 10.8 Å². The first-order valence-electron chi connectivity index (χ1n) is 5.47. The molecule has 0 fully saturated rings. The van der Waals surface area contributed by atoms with Crippen LogP contribution in [0.3, 0.4) is 0 Å².